The number of rotatable bonds is 5. The highest BCUT2D eigenvalue weighted by atomic mass is 16.3. The maximum Gasteiger partial charge on any atom is 0.246 e. The first-order chi connectivity index (χ1) is 7.63. The van der Waals surface area contributed by atoms with Crippen molar-refractivity contribution in [2.45, 2.75) is 13.8 Å². The second kappa shape index (κ2) is 5.95. The molecule has 0 aromatic carbocycles. The zero-order valence-corrected chi connectivity index (χ0v) is 9.77. The van der Waals surface area contributed by atoms with E-state index in [0.29, 0.717) is 18.8 Å². The Morgan fingerprint density at radius 2 is 2.38 bits per heavy atom. The topological polar surface area (TPSA) is 33.5 Å². The Bertz CT molecular complexity index is 377. The van der Waals surface area contributed by atoms with Gasteiger partial charge in [0.15, 0.2) is 0 Å². The van der Waals surface area contributed by atoms with Gasteiger partial charge in [0.05, 0.1) is 6.26 Å². The lowest BCUT2D eigenvalue weighted by Gasteiger charge is -2.18. The lowest BCUT2D eigenvalue weighted by molar-refractivity contribution is -0.125. The van der Waals surface area contributed by atoms with Crippen LogP contribution in [0, 0.1) is 0 Å². The molecule has 0 atom stereocenters. The van der Waals surface area contributed by atoms with Gasteiger partial charge in [-0.15, -0.1) is 0 Å². The van der Waals surface area contributed by atoms with Crippen molar-refractivity contribution in [3.05, 3.63) is 42.4 Å². The lowest BCUT2D eigenvalue weighted by Crippen LogP contribution is -2.30. The van der Waals surface area contributed by atoms with Gasteiger partial charge in [-0.05, 0) is 32.1 Å². The molecule has 0 N–H and O–H groups in total. The van der Waals surface area contributed by atoms with Crippen LogP contribution in [0.25, 0.3) is 6.08 Å². The second-order valence-corrected chi connectivity index (χ2v) is 3.66. The van der Waals surface area contributed by atoms with Crippen molar-refractivity contribution >= 4 is 12.0 Å². The first-order valence-corrected chi connectivity index (χ1v) is 5.28. The fourth-order valence-electron chi connectivity index (χ4n) is 1.32. The van der Waals surface area contributed by atoms with Crippen LogP contribution >= 0.6 is 0 Å². The number of carbonyl (C=O) groups excluding carboxylic acids is 1. The minimum absolute atomic E-state index is 0.0260. The highest BCUT2D eigenvalue weighted by molar-refractivity contribution is 5.91. The number of nitrogens with zero attached hydrogens (tertiary/aromatic N) is 1. The molecule has 3 heteroatoms. The van der Waals surface area contributed by atoms with E-state index in [4.69, 9.17) is 4.42 Å². The minimum Gasteiger partial charge on any atom is -0.465 e. The van der Waals surface area contributed by atoms with Crippen LogP contribution in [0.4, 0.5) is 0 Å². The van der Waals surface area contributed by atoms with Crippen molar-refractivity contribution < 1.29 is 9.21 Å². The van der Waals surface area contributed by atoms with E-state index in [1.54, 1.807) is 29.4 Å². The molecule has 0 unspecified atom stereocenters. The van der Waals surface area contributed by atoms with Crippen LogP contribution < -0.4 is 0 Å². The van der Waals surface area contributed by atoms with Crippen LogP contribution in [0.3, 0.4) is 0 Å². The summed E-state index contributed by atoms with van der Waals surface area (Å²) in [5.74, 6) is 0.654. The SMILES string of the molecule is C=C(C)CN(CC)C(=O)/C=C/c1ccco1. The molecule has 0 aliphatic heterocycles. The van der Waals surface area contributed by atoms with Crippen LogP contribution in [-0.2, 0) is 4.79 Å². The molecular weight excluding hydrogens is 202 g/mol. The number of carbonyl (C=O) groups is 1. The molecule has 0 bridgehead atoms. The average Bonchev–Trinajstić information content (AvgIpc) is 2.75. The molecule has 0 spiro atoms. The molecule has 16 heavy (non-hydrogen) atoms. The van der Waals surface area contributed by atoms with Crippen molar-refractivity contribution in [2.24, 2.45) is 0 Å². The number of furan rings is 1. The quantitative estimate of drug-likeness (QED) is 0.563. The Balaban J connectivity index is 2.59. The predicted molar refractivity (Wildman–Crippen MR) is 64.8 cm³/mol. The molecule has 1 aromatic heterocycles. The highest BCUT2D eigenvalue weighted by Gasteiger charge is 2.07. The van der Waals surface area contributed by atoms with Crippen LogP contribution in [0.1, 0.15) is 19.6 Å². The normalized spacial score (nSPS) is 10.6. The standard InChI is InChI=1S/C13H17NO2/c1-4-14(10-11(2)3)13(15)8-7-12-6-5-9-16-12/h5-9H,2,4,10H2,1,3H3/b8-7+. The zero-order chi connectivity index (χ0) is 12.0. The fourth-order valence-corrected chi connectivity index (χ4v) is 1.32. The molecule has 0 aliphatic carbocycles. The second-order valence-electron chi connectivity index (χ2n) is 3.66. The average molecular weight is 219 g/mol. The van der Waals surface area contributed by atoms with Crippen LogP contribution in [0.2, 0.25) is 0 Å². The van der Waals surface area contributed by atoms with E-state index in [9.17, 15) is 4.79 Å². The third-order valence-electron chi connectivity index (χ3n) is 2.09. The van der Waals surface area contributed by atoms with Gasteiger partial charge in [0.1, 0.15) is 5.76 Å². The Morgan fingerprint density at radius 3 is 2.88 bits per heavy atom. The van der Waals surface area contributed by atoms with E-state index >= 15 is 0 Å². The van der Waals surface area contributed by atoms with Gasteiger partial charge < -0.3 is 9.32 Å². The molecule has 0 saturated heterocycles. The maximum absolute atomic E-state index is 11.8. The van der Waals surface area contributed by atoms with Crippen molar-refractivity contribution in [1.82, 2.24) is 4.90 Å². The van der Waals surface area contributed by atoms with Gasteiger partial charge in [-0.25, -0.2) is 0 Å². The molecule has 1 aromatic rings. The summed E-state index contributed by atoms with van der Waals surface area (Å²) < 4.78 is 5.10. The van der Waals surface area contributed by atoms with E-state index in [-0.39, 0.29) is 5.91 Å². The first-order valence-electron chi connectivity index (χ1n) is 5.28. The van der Waals surface area contributed by atoms with Crippen molar-refractivity contribution in [3.63, 3.8) is 0 Å². The predicted octanol–water partition coefficient (Wildman–Crippen LogP) is 2.72. The Kier molecular flexibility index (Phi) is 4.58. The first kappa shape index (κ1) is 12.3. The smallest absolute Gasteiger partial charge is 0.246 e. The van der Waals surface area contributed by atoms with E-state index in [0.717, 1.165) is 5.57 Å². The molecule has 86 valence electrons. The number of likely N-dealkylation sites (N-methyl/N-ethyl adjacent to an activating group) is 1. The number of hydrogen-bond acceptors (Lipinski definition) is 2. The summed E-state index contributed by atoms with van der Waals surface area (Å²) in [4.78, 5) is 13.5. The Morgan fingerprint density at radius 1 is 1.62 bits per heavy atom. The molecule has 1 amide bonds. The van der Waals surface area contributed by atoms with Crippen LogP contribution in [0.15, 0.2) is 41.0 Å². The number of amides is 1. The Labute approximate surface area is 96.1 Å². The summed E-state index contributed by atoms with van der Waals surface area (Å²) in [6.07, 6.45) is 4.77. The molecular formula is C13H17NO2. The van der Waals surface area contributed by atoms with Gasteiger partial charge in [0, 0.05) is 19.2 Å². The fraction of sp³-hybridized carbons (Fsp3) is 0.308. The summed E-state index contributed by atoms with van der Waals surface area (Å²) in [5.41, 5.74) is 0.974. The van der Waals surface area contributed by atoms with E-state index in [1.165, 1.54) is 6.08 Å². The van der Waals surface area contributed by atoms with Crippen molar-refractivity contribution in [3.8, 4) is 0 Å². The molecule has 0 radical (unpaired) electrons. The van der Waals surface area contributed by atoms with Crippen LogP contribution in [0.5, 0.6) is 0 Å². The van der Waals surface area contributed by atoms with Gasteiger partial charge in [-0.3, -0.25) is 4.79 Å². The summed E-state index contributed by atoms with van der Waals surface area (Å²) in [5, 5.41) is 0. The van der Waals surface area contributed by atoms with Gasteiger partial charge in [-0.1, -0.05) is 12.2 Å². The molecule has 0 fully saturated rings. The highest BCUT2D eigenvalue weighted by Crippen LogP contribution is 2.04. The molecule has 0 saturated carbocycles. The molecule has 0 aliphatic rings. The van der Waals surface area contributed by atoms with Gasteiger partial charge in [-0.2, -0.15) is 0 Å². The molecule has 1 heterocycles. The third kappa shape index (κ3) is 3.77. The van der Waals surface area contributed by atoms with Crippen molar-refractivity contribution in [2.75, 3.05) is 13.1 Å². The minimum atomic E-state index is -0.0260. The summed E-state index contributed by atoms with van der Waals surface area (Å²) in [7, 11) is 0. The number of hydrogen-bond donors (Lipinski definition) is 0. The van der Waals surface area contributed by atoms with Crippen molar-refractivity contribution in [1.29, 1.82) is 0 Å². The molecule has 3 nitrogen and oxygen atoms in total. The van der Waals surface area contributed by atoms with E-state index in [2.05, 4.69) is 6.58 Å². The van der Waals surface area contributed by atoms with E-state index < -0.39 is 0 Å². The monoisotopic (exact) mass is 219 g/mol. The summed E-state index contributed by atoms with van der Waals surface area (Å²) in [6, 6.07) is 3.59. The Hall–Kier alpha value is -1.77. The summed E-state index contributed by atoms with van der Waals surface area (Å²) >= 11 is 0. The van der Waals surface area contributed by atoms with Gasteiger partial charge >= 0.3 is 0 Å². The molecule has 1 rings (SSSR count). The van der Waals surface area contributed by atoms with Gasteiger partial charge in [0.25, 0.3) is 0 Å². The van der Waals surface area contributed by atoms with Crippen LogP contribution in [-0.4, -0.2) is 23.9 Å². The zero-order valence-electron chi connectivity index (χ0n) is 9.77. The summed E-state index contributed by atoms with van der Waals surface area (Å²) in [6.45, 7) is 8.92. The third-order valence-corrected chi connectivity index (χ3v) is 2.09. The lowest BCUT2D eigenvalue weighted by atomic mass is 10.3. The van der Waals surface area contributed by atoms with Gasteiger partial charge in [0.2, 0.25) is 5.91 Å². The largest absolute Gasteiger partial charge is 0.465 e. The maximum atomic E-state index is 11.8. The van der Waals surface area contributed by atoms with E-state index in [1.807, 2.05) is 13.8 Å².